The molecule has 4 rings (SSSR count). The van der Waals surface area contributed by atoms with Crippen LogP contribution in [-0.4, -0.2) is 23.6 Å². The quantitative estimate of drug-likeness (QED) is 0.786. The fraction of sp³-hybridized carbons (Fsp3) is 0.0909. The van der Waals surface area contributed by atoms with Crippen LogP contribution in [0.15, 0.2) is 85.0 Å². The number of amides is 4. The molecule has 0 radical (unpaired) electrons. The molecule has 28 heavy (non-hydrogen) atoms. The van der Waals surface area contributed by atoms with Crippen molar-refractivity contribution in [1.29, 1.82) is 0 Å². The first-order chi connectivity index (χ1) is 13.5. The minimum absolute atomic E-state index is 0.329. The van der Waals surface area contributed by atoms with Crippen molar-refractivity contribution in [1.82, 2.24) is 10.6 Å². The summed E-state index contributed by atoms with van der Waals surface area (Å²) in [5.74, 6) is -0.831. The topological polar surface area (TPSA) is 92.3 Å². The molecule has 0 saturated carbocycles. The van der Waals surface area contributed by atoms with Gasteiger partial charge in [-0.15, -0.1) is 0 Å². The number of rotatable bonds is 2. The number of carbonyl (C=O) groups is 4. The fourth-order valence-electron chi connectivity index (χ4n) is 2.39. The third-order valence-corrected chi connectivity index (χ3v) is 3.86. The van der Waals surface area contributed by atoms with Crippen molar-refractivity contribution >= 4 is 23.6 Å². The molecule has 4 amide bonds. The van der Waals surface area contributed by atoms with Crippen LogP contribution in [0.25, 0.3) is 0 Å². The van der Waals surface area contributed by atoms with Crippen molar-refractivity contribution in [3.8, 4) is 0 Å². The zero-order valence-electron chi connectivity index (χ0n) is 15.3. The van der Waals surface area contributed by atoms with Crippen molar-refractivity contribution in [2.75, 3.05) is 0 Å². The molecule has 6 nitrogen and oxygen atoms in total. The molecule has 6 heteroatoms. The molecular weight excluding hydrogens is 356 g/mol. The maximum Gasteiger partial charge on any atom is 0.250 e. The average Bonchev–Trinajstić information content (AvgIpc) is 3.29. The Bertz CT molecular complexity index is 795. The fourth-order valence-corrected chi connectivity index (χ4v) is 2.39. The predicted molar refractivity (Wildman–Crippen MR) is 105 cm³/mol. The van der Waals surface area contributed by atoms with E-state index in [2.05, 4.69) is 67.6 Å². The third kappa shape index (κ3) is 6.84. The van der Waals surface area contributed by atoms with E-state index in [-0.39, 0.29) is 23.6 Å². The molecule has 142 valence electrons. The van der Waals surface area contributed by atoms with Gasteiger partial charge in [-0.2, -0.15) is 0 Å². The van der Waals surface area contributed by atoms with Crippen LogP contribution in [0.3, 0.4) is 0 Å². The second-order valence-corrected chi connectivity index (χ2v) is 5.92. The molecule has 2 heterocycles. The summed E-state index contributed by atoms with van der Waals surface area (Å²) in [5.41, 5.74) is 2.75. The minimum Gasteiger partial charge on any atom is -0.289 e. The van der Waals surface area contributed by atoms with Crippen molar-refractivity contribution in [2.45, 2.75) is 12.8 Å². The summed E-state index contributed by atoms with van der Waals surface area (Å²) in [6.45, 7) is 2.24. The van der Waals surface area contributed by atoms with Crippen molar-refractivity contribution in [3.05, 3.63) is 96.1 Å². The van der Waals surface area contributed by atoms with Gasteiger partial charge in [0.05, 0.1) is 0 Å². The Balaban J connectivity index is 0.000000168. The van der Waals surface area contributed by atoms with E-state index in [9.17, 15) is 19.2 Å². The Morgan fingerprint density at radius 2 is 0.821 bits per heavy atom. The summed E-state index contributed by atoms with van der Waals surface area (Å²) in [5, 5.41) is 4.06. The van der Waals surface area contributed by atoms with Gasteiger partial charge in [0.1, 0.15) is 0 Å². The van der Waals surface area contributed by atoms with Crippen molar-refractivity contribution < 1.29 is 19.2 Å². The number of benzene rings is 2. The Kier molecular flexibility index (Phi) is 7.60. The van der Waals surface area contributed by atoms with Crippen LogP contribution < -0.4 is 10.6 Å². The molecule has 0 fully saturated rings. The second-order valence-electron chi connectivity index (χ2n) is 5.92. The van der Waals surface area contributed by atoms with Gasteiger partial charge < -0.3 is 0 Å². The second kappa shape index (κ2) is 10.4. The first-order valence-corrected chi connectivity index (χ1v) is 8.61. The van der Waals surface area contributed by atoms with Crippen LogP contribution in [-0.2, 0) is 19.2 Å². The first kappa shape index (κ1) is 20.5. The van der Waals surface area contributed by atoms with E-state index in [1.54, 1.807) is 0 Å². The zero-order valence-corrected chi connectivity index (χ0v) is 15.3. The van der Waals surface area contributed by atoms with Gasteiger partial charge >= 0.3 is 0 Å². The van der Waals surface area contributed by atoms with Crippen LogP contribution in [0, 0.1) is 0 Å². The van der Waals surface area contributed by atoms with Crippen LogP contribution in [0.5, 0.6) is 0 Å². The highest BCUT2D eigenvalue weighted by Gasteiger charge is 2.07. The normalized spacial score (nSPS) is 14.1. The molecule has 0 aliphatic carbocycles. The van der Waals surface area contributed by atoms with E-state index in [4.69, 9.17) is 0 Å². The molecule has 0 saturated heterocycles. The van der Waals surface area contributed by atoms with Gasteiger partial charge in [-0.05, 0) is 11.1 Å². The van der Waals surface area contributed by atoms with E-state index in [0.29, 0.717) is 5.92 Å². The Morgan fingerprint density at radius 1 is 0.536 bits per heavy atom. The summed E-state index contributed by atoms with van der Waals surface area (Å²) >= 11 is 0. The van der Waals surface area contributed by atoms with Gasteiger partial charge in [0, 0.05) is 30.2 Å². The van der Waals surface area contributed by atoms with Gasteiger partial charge in [0.15, 0.2) is 0 Å². The van der Waals surface area contributed by atoms with Crippen molar-refractivity contribution in [2.24, 2.45) is 0 Å². The van der Waals surface area contributed by atoms with Crippen LogP contribution in [0.2, 0.25) is 0 Å². The third-order valence-electron chi connectivity index (χ3n) is 3.86. The monoisotopic (exact) mass is 376 g/mol. The summed E-state index contributed by atoms with van der Waals surface area (Å²) in [6, 6.07) is 21.2. The van der Waals surface area contributed by atoms with Gasteiger partial charge in [0.25, 0.3) is 23.6 Å². The smallest absolute Gasteiger partial charge is 0.250 e. The molecule has 2 aromatic carbocycles. The SMILES string of the molecule is CC(c1ccccc1)c1ccccc1.O=C1C=CC(=O)N1.O=C1C=CC(=O)N1. The Hall–Kier alpha value is -3.80. The largest absolute Gasteiger partial charge is 0.289 e. The lowest BCUT2D eigenvalue weighted by atomic mass is 9.93. The summed E-state index contributed by atoms with van der Waals surface area (Å²) in [7, 11) is 0. The van der Waals surface area contributed by atoms with Gasteiger partial charge in [-0.25, -0.2) is 0 Å². The molecule has 0 aromatic heterocycles. The molecule has 2 aromatic rings. The molecule has 0 bridgehead atoms. The molecule has 2 N–H and O–H groups in total. The molecule has 2 aliphatic heterocycles. The van der Waals surface area contributed by atoms with E-state index >= 15 is 0 Å². The number of hydrogen-bond acceptors (Lipinski definition) is 4. The van der Waals surface area contributed by atoms with E-state index in [1.165, 1.54) is 35.4 Å². The van der Waals surface area contributed by atoms with Gasteiger partial charge in [-0.1, -0.05) is 67.6 Å². The number of hydrogen-bond donors (Lipinski definition) is 2. The number of nitrogens with one attached hydrogen (secondary N) is 2. The van der Waals surface area contributed by atoms with Gasteiger partial charge in [0.2, 0.25) is 0 Å². The maximum absolute atomic E-state index is 10.0. The highest BCUT2D eigenvalue weighted by molar-refractivity contribution is 6.13. The Morgan fingerprint density at radius 3 is 1.04 bits per heavy atom. The molecule has 0 spiro atoms. The number of carbonyl (C=O) groups excluding carboxylic acids is 4. The molecule has 0 unspecified atom stereocenters. The Labute approximate surface area is 163 Å². The molecule has 2 aliphatic rings. The highest BCUT2D eigenvalue weighted by atomic mass is 16.2. The summed E-state index contributed by atoms with van der Waals surface area (Å²) in [4.78, 5) is 40.1. The highest BCUT2D eigenvalue weighted by Crippen LogP contribution is 2.22. The first-order valence-electron chi connectivity index (χ1n) is 8.61. The standard InChI is InChI=1S/C14H14.2C4H3NO2/c1-12(13-8-4-2-5-9-13)14-10-6-3-7-11-14;2*6-3-1-2-4(7)5-3/h2-12H,1H3;2*1-2H,(H,5,6,7). The predicted octanol–water partition coefficient (Wildman–Crippen LogP) is 2.24. The van der Waals surface area contributed by atoms with Crippen LogP contribution in [0.4, 0.5) is 0 Å². The van der Waals surface area contributed by atoms with Crippen molar-refractivity contribution in [3.63, 3.8) is 0 Å². The van der Waals surface area contributed by atoms with E-state index < -0.39 is 0 Å². The molecule has 0 atom stereocenters. The summed E-state index contributed by atoms with van der Waals surface area (Å²) in [6.07, 6.45) is 4.79. The summed E-state index contributed by atoms with van der Waals surface area (Å²) < 4.78 is 0. The van der Waals surface area contributed by atoms with Crippen LogP contribution in [0.1, 0.15) is 24.0 Å². The maximum atomic E-state index is 10.0. The lowest BCUT2D eigenvalue weighted by molar-refractivity contribution is -0.125. The van der Waals surface area contributed by atoms with E-state index in [0.717, 1.165) is 0 Å². The zero-order chi connectivity index (χ0) is 20.4. The minimum atomic E-state index is -0.329. The van der Waals surface area contributed by atoms with E-state index in [1.807, 2.05) is 10.6 Å². The average molecular weight is 376 g/mol. The number of imide groups is 2. The molecular formula is C22H20N2O4. The van der Waals surface area contributed by atoms with Gasteiger partial charge in [-0.3, -0.25) is 29.8 Å². The lowest BCUT2D eigenvalue weighted by Crippen LogP contribution is -2.19. The lowest BCUT2D eigenvalue weighted by Gasteiger charge is -2.11. The van der Waals surface area contributed by atoms with Crippen LogP contribution >= 0.6 is 0 Å².